The molecule has 3 rings (SSSR count). The lowest BCUT2D eigenvalue weighted by atomic mass is 10.1. The van der Waals surface area contributed by atoms with E-state index in [1.807, 2.05) is 30.3 Å². The van der Waals surface area contributed by atoms with Gasteiger partial charge in [-0.05, 0) is 35.9 Å². The van der Waals surface area contributed by atoms with Crippen molar-refractivity contribution in [3.63, 3.8) is 0 Å². The molecule has 130 valence electrons. The number of benzene rings is 2. The molecule has 0 spiro atoms. The molecule has 0 unspecified atom stereocenters. The van der Waals surface area contributed by atoms with E-state index in [2.05, 4.69) is 31.5 Å². The number of aromatic nitrogens is 1. The van der Waals surface area contributed by atoms with E-state index in [0.717, 1.165) is 10.0 Å². The van der Waals surface area contributed by atoms with Crippen molar-refractivity contribution in [2.75, 3.05) is 5.32 Å². The lowest BCUT2D eigenvalue weighted by molar-refractivity contribution is -0.113. The van der Waals surface area contributed by atoms with Crippen LogP contribution in [0.4, 0.5) is 5.13 Å². The van der Waals surface area contributed by atoms with Gasteiger partial charge in [0.15, 0.2) is 5.13 Å². The highest BCUT2D eigenvalue weighted by Gasteiger charge is 2.15. The summed E-state index contributed by atoms with van der Waals surface area (Å²) in [4.78, 5) is 29.1. The highest BCUT2D eigenvalue weighted by atomic mass is 79.9. The largest absolute Gasteiger partial charge is 0.317 e. The number of thiazole rings is 1. The maximum Gasteiger partial charge on any atom is 0.273 e. The maximum absolute atomic E-state index is 12.6. The van der Waals surface area contributed by atoms with Crippen molar-refractivity contribution in [3.05, 3.63) is 87.5 Å². The highest BCUT2D eigenvalue weighted by molar-refractivity contribution is 9.10. The zero-order valence-electron chi connectivity index (χ0n) is 13.5. The third kappa shape index (κ3) is 4.87. The molecular weight excluding hydrogens is 414 g/mol. The van der Waals surface area contributed by atoms with Gasteiger partial charge in [-0.15, -0.1) is 11.3 Å². The smallest absolute Gasteiger partial charge is 0.273 e. The average molecular weight is 428 g/mol. The summed E-state index contributed by atoms with van der Waals surface area (Å²) in [5.74, 6) is -0.796. The van der Waals surface area contributed by atoms with Gasteiger partial charge in [0.05, 0.1) is 0 Å². The summed E-state index contributed by atoms with van der Waals surface area (Å²) in [7, 11) is 0. The molecule has 2 amide bonds. The van der Waals surface area contributed by atoms with Crippen LogP contribution in [0.5, 0.6) is 0 Å². The quantitative estimate of drug-likeness (QED) is 0.595. The lowest BCUT2D eigenvalue weighted by Gasteiger charge is -2.10. The van der Waals surface area contributed by atoms with Crippen molar-refractivity contribution in [2.45, 2.75) is 0 Å². The Kier molecular flexibility index (Phi) is 5.93. The number of nitrogens with zero attached hydrogens (tertiary/aromatic N) is 1. The molecule has 0 atom stereocenters. The number of nitrogens with one attached hydrogen (secondary N) is 2. The Morgan fingerprint density at radius 2 is 1.77 bits per heavy atom. The molecule has 1 heterocycles. The first-order valence-electron chi connectivity index (χ1n) is 7.66. The van der Waals surface area contributed by atoms with E-state index in [1.165, 1.54) is 11.3 Å². The molecule has 2 N–H and O–H groups in total. The number of anilines is 1. The minimum atomic E-state index is -0.438. The van der Waals surface area contributed by atoms with Crippen LogP contribution in [-0.4, -0.2) is 16.8 Å². The Morgan fingerprint density at radius 1 is 1.04 bits per heavy atom. The van der Waals surface area contributed by atoms with E-state index < -0.39 is 5.91 Å². The number of hydrogen-bond acceptors (Lipinski definition) is 4. The molecule has 0 aliphatic rings. The molecule has 0 saturated carbocycles. The number of rotatable bonds is 5. The second-order valence-electron chi connectivity index (χ2n) is 5.22. The van der Waals surface area contributed by atoms with E-state index in [4.69, 9.17) is 0 Å². The number of amides is 2. The van der Waals surface area contributed by atoms with Crippen LogP contribution in [0.3, 0.4) is 0 Å². The molecule has 2 aromatic carbocycles. The van der Waals surface area contributed by atoms with E-state index in [1.54, 1.807) is 41.9 Å². The zero-order valence-corrected chi connectivity index (χ0v) is 15.9. The monoisotopic (exact) mass is 427 g/mol. The summed E-state index contributed by atoms with van der Waals surface area (Å²) in [6, 6.07) is 16.1. The number of halogens is 1. The second-order valence-corrected chi connectivity index (χ2v) is 7.03. The summed E-state index contributed by atoms with van der Waals surface area (Å²) in [6.07, 6.45) is 3.22. The molecular formula is C19H14BrN3O2S. The normalized spacial score (nSPS) is 11.0. The molecule has 0 aliphatic carbocycles. The van der Waals surface area contributed by atoms with Crippen LogP contribution in [0.25, 0.3) is 6.08 Å². The first-order valence-corrected chi connectivity index (χ1v) is 9.33. The fourth-order valence-corrected chi connectivity index (χ4v) is 2.91. The Bertz CT molecular complexity index is 923. The second kappa shape index (κ2) is 8.55. The molecule has 0 saturated heterocycles. The Labute approximate surface area is 162 Å². The summed E-state index contributed by atoms with van der Waals surface area (Å²) in [6.45, 7) is 0. The van der Waals surface area contributed by atoms with Crippen molar-refractivity contribution in [3.8, 4) is 0 Å². The van der Waals surface area contributed by atoms with Crippen LogP contribution < -0.4 is 10.6 Å². The minimum Gasteiger partial charge on any atom is -0.317 e. The summed E-state index contributed by atoms with van der Waals surface area (Å²) in [5.41, 5.74) is 1.39. The molecule has 0 radical (unpaired) electrons. The Balaban J connectivity index is 1.86. The van der Waals surface area contributed by atoms with Gasteiger partial charge in [0.2, 0.25) is 0 Å². The highest BCUT2D eigenvalue weighted by Crippen LogP contribution is 2.15. The van der Waals surface area contributed by atoms with Crippen molar-refractivity contribution in [1.29, 1.82) is 0 Å². The SMILES string of the molecule is O=C(Nc1nccs1)C(=Cc1ccc(Br)cc1)NC(=O)c1ccccc1. The van der Waals surface area contributed by atoms with Gasteiger partial charge in [0, 0.05) is 21.6 Å². The van der Waals surface area contributed by atoms with Crippen molar-refractivity contribution in [2.24, 2.45) is 0 Å². The number of carbonyl (C=O) groups excluding carboxylic acids is 2. The molecule has 0 bridgehead atoms. The Morgan fingerprint density at radius 3 is 2.42 bits per heavy atom. The third-order valence-corrected chi connectivity index (χ3v) is 4.58. The molecule has 26 heavy (non-hydrogen) atoms. The van der Waals surface area contributed by atoms with E-state index in [9.17, 15) is 9.59 Å². The van der Waals surface area contributed by atoms with Crippen LogP contribution in [0, 0.1) is 0 Å². The molecule has 1 aromatic heterocycles. The first-order chi connectivity index (χ1) is 12.6. The first kappa shape index (κ1) is 18.0. The molecule has 7 heteroatoms. The summed E-state index contributed by atoms with van der Waals surface area (Å²) >= 11 is 4.68. The molecule has 0 aliphatic heterocycles. The topological polar surface area (TPSA) is 71.1 Å². The summed E-state index contributed by atoms with van der Waals surface area (Å²) in [5, 5.41) is 7.59. The van der Waals surface area contributed by atoms with Crippen molar-refractivity contribution >= 4 is 50.3 Å². The number of hydrogen-bond donors (Lipinski definition) is 2. The lowest BCUT2D eigenvalue weighted by Crippen LogP contribution is -2.30. The standard InChI is InChI=1S/C19H14BrN3O2S/c20-15-8-6-13(7-9-15)12-16(18(25)23-19-21-10-11-26-19)22-17(24)14-4-2-1-3-5-14/h1-12H,(H,22,24)(H,21,23,25). The molecule has 5 nitrogen and oxygen atoms in total. The Hall–Kier alpha value is -2.77. The van der Waals surface area contributed by atoms with Crippen LogP contribution in [-0.2, 0) is 4.79 Å². The fraction of sp³-hybridized carbons (Fsp3) is 0. The van der Waals surface area contributed by atoms with Crippen LogP contribution in [0.15, 0.2) is 76.3 Å². The van der Waals surface area contributed by atoms with Gasteiger partial charge in [0.25, 0.3) is 11.8 Å². The molecule has 0 fully saturated rings. The van der Waals surface area contributed by atoms with Crippen molar-refractivity contribution in [1.82, 2.24) is 10.3 Å². The minimum absolute atomic E-state index is 0.136. The maximum atomic E-state index is 12.6. The zero-order chi connectivity index (χ0) is 18.4. The summed E-state index contributed by atoms with van der Waals surface area (Å²) < 4.78 is 0.928. The van der Waals surface area contributed by atoms with Gasteiger partial charge in [-0.25, -0.2) is 4.98 Å². The van der Waals surface area contributed by atoms with Crippen LogP contribution in [0.1, 0.15) is 15.9 Å². The van der Waals surface area contributed by atoms with Crippen LogP contribution >= 0.6 is 27.3 Å². The number of carbonyl (C=O) groups is 2. The van der Waals surface area contributed by atoms with Gasteiger partial charge in [-0.3, -0.25) is 14.9 Å². The fourth-order valence-electron chi connectivity index (χ4n) is 2.12. The predicted molar refractivity (Wildman–Crippen MR) is 107 cm³/mol. The van der Waals surface area contributed by atoms with Gasteiger partial charge >= 0.3 is 0 Å². The average Bonchev–Trinajstić information content (AvgIpc) is 3.16. The predicted octanol–water partition coefficient (Wildman–Crippen LogP) is 4.32. The van der Waals surface area contributed by atoms with Gasteiger partial charge in [-0.2, -0.15) is 0 Å². The van der Waals surface area contributed by atoms with Crippen molar-refractivity contribution < 1.29 is 9.59 Å². The molecule has 3 aromatic rings. The van der Waals surface area contributed by atoms with Gasteiger partial charge in [0.1, 0.15) is 5.70 Å². The van der Waals surface area contributed by atoms with Gasteiger partial charge in [-0.1, -0.05) is 46.3 Å². The van der Waals surface area contributed by atoms with E-state index in [0.29, 0.717) is 10.7 Å². The van der Waals surface area contributed by atoms with Crippen LogP contribution in [0.2, 0.25) is 0 Å². The van der Waals surface area contributed by atoms with Gasteiger partial charge < -0.3 is 5.32 Å². The van der Waals surface area contributed by atoms with E-state index >= 15 is 0 Å². The van der Waals surface area contributed by atoms with E-state index in [-0.39, 0.29) is 11.6 Å². The third-order valence-electron chi connectivity index (χ3n) is 3.36.